The first-order valence-electron chi connectivity index (χ1n) is 7.47. The number of carbonyl (C=O) groups is 1. The number of carbonyl (C=O) groups excluding carboxylic acids is 1. The van der Waals surface area contributed by atoms with Gasteiger partial charge >= 0.3 is 6.03 Å². The first kappa shape index (κ1) is 14.6. The van der Waals surface area contributed by atoms with E-state index in [2.05, 4.69) is 29.5 Å². The SMILES string of the molecule is CC(c1ccccc1)n1ccc(NC(=O)N2CC[C@@H](O)C2)n1. The number of hydrogen-bond acceptors (Lipinski definition) is 3. The van der Waals surface area contributed by atoms with Crippen molar-refractivity contribution in [2.45, 2.75) is 25.5 Å². The van der Waals surface area contributed by atoms with E-state index in [9.17, 15) is 9.90 Å². The zero-order valence-corrected chi connectivity index (χ0v) is 12.5. The van der Waals surface area contributed by atoms with Gasteiger partial charge in [-0.3, -0.25) is 10.00 Å². The maximum absolute atomic E-state index is 12.1. The van der Waals surface area contributed by atoms with Crippen LogP contribution < -0.4 is 5.32 Å². The van der Waals surface area contributed by atoms with Gasteiger partial charge in [-0.25, -0.2) is 4.79 Å². The normalized spacial score (nSPS) is 19.2. The number of amides is 2. The summed E-state index contributed by atoms with van der Waals surface area (Å²) in [7, 11) is 0. The molecule has 0 spiro atoms. The van der Waals surface area contributed by atoms with Crippen LogP contribution in [0.4, 0.5) is 10.6 Å². The van der Waals surface area contributed by atoms with Crippen molar-refractivity contribution < 1.29 is 9.90 Å². The number of rotatable bonds is 3. The fourth-order valence-electron chi connectivity index (χ4n) is 2.62. The second kappa shape index (κ2) is 6.19. The third kappa shape index (κ3) is 3.12. The van der Waals surface area contributed by atoms with Crippen molar-refractivity contribution in [3.63, 3.8) is 0 Å². The average molecular weight is 300 g/mol. The number of urea groups is 1. The smallest absolute Gasteiger partial charge is 0.323 e. The largest absolute Gasteiger partial charge is 0.391 e. The van der Waals surface area contributed by atoms with Gasteiger partial charge < -0.3 is 10.0 Å². The summed E-state index contributed by atoms with van der Waals surface area (Å²) in [6, 6.07) is 11.7. The quantitative estimate of drug-likeness (QED) is 0.912. The van der Waals surface area contributed by atoms with Crippen LogP contribution in [0.5, 0.6) is 0 Å². The molecule has 22 heavy (non-hydrogen) atoms. The molecule has 0 aliphatic carbocycles. The molecular weight excluding hydrogens is 280 g/mol. The van der Waals surface area contributed by atoms with Crippen molar-refractivity contribution >= 4 is 11.8 Å². The van der Waals surface area contributed by atoms with Gasteiger partial charge in [0.2, 0.25) is 0 Å². The molecule has 6 nitrogen and oxygen atoms in total. The summed E-state index contributed by atoms with van der Waals surface area (Å²) in [4.78, 5) is 13.7. The summed E-state index contributed by atoms with van der Waals surface area (Å²) < 4.78 is 1.82. The number of anilines is 1. The van der Waals surface area contributed by atoms with Crippen LogP contribution in [-0.2, 0) is 0 Å². The average Bonchev–Trinajstić information content (AvgIpc) is 3.16. The Kier molecular flexibility index (Phi) is 4.11. The maximum Gasteiger partial charge on any atom is 0.323 e. The van der Waals surface area contributed by atoms with Crippen molar-refractivity contribution in [3.8, 4) is 0 Å². The first-order valence-corrected chi connectivity index (χ1v) is 7.47. The topological polar surface area (TPSA) is 70.4 Å². The number of hydrogen-bond donors (Lipinski definition) is 2. The van der Waals surface area contributed by atoms with Crippen molar-refractivity contribution in [2.75, 3.05) is 18.4 Å². The number of β-amino-alcohol motifs (C(OH)–C–C–N with tert-alkyl or cyclic N) is 1. The molecule has 1 aromatic carbocycles. The lowest BCUT2D eigenvalue weighted by molar-refractivity contribution is 0.176. The number of benzene rings is 1. The Morgan fingerprint density at radius 3 is 2.82 bits per heavy atom. The highest BCUT2D eigenvalue weighted by molar-refractivity contribution is 5.88. The fourth-order valence-corrected chi connectivity index (χ4v) is 2.62. The van der Waals surface area contributed by atoms with Crippen LogP contribution >= 0.6 is 0 Å². The van der Waals surface area contributed by atoms with E-state index in [1.54, 1.807) is 11.0 Å². The molecule has 1 unspecified atom stereocenters. The lowest BCUT2D eigenvalue weighted by Gasteiger charge is -2.15. The minimum absolute atomic E-state index is 0.0976. The third-order valence-electron chi connectivity index (χ3n) is 3.97. The van der Waals surface area contributed by atoms with Crippen LogP contribution in [0.15, 0.2) is 42.6 Å². The zero-order chi connectivity index (χ0) is 15.5. The highest BCUT2D eigenvalue weighted by Crippen LogP contribution is 2.18. The van der Waals surface area contributed by atoms with Crippen molar-refractivity contribution in [1.29, 1.82) is 0 Å². The molecule has 3 rings (SSSR count). The molecule has 1 aliphatic rings. The van der Waals surface area contributed by atoms with Crippen LogP contribution in [0.25, 0.3) is 0 Å². The van der Waals surface area contributed by atoms with E-state index in [1.807, 2.05) is 29.1 Å². The molecular formula is C16H20N4O2. The van der Waals surface area contributed by atoms with Crippen LogP contribution in [-0.4, -0.2) is 45.0 Å². The predicted molar refractivity (Wildman–Crippen MR) is 83.7 cm³/mol. The Balaban J connectivity index is 1.65. The summed E-state index contributed by atoms with van der Waals surface area (Å²) in [5.74, 6) is 0.522. The molecule has 0 bridgehead atoms. The number of likely N-dealkylation sites (tertiary alicyclic amines) is 1. The molecule has 2 atom stereocenters. The molecule has 0 saturated carbocycles. The molecule has 1 fully saturated rings. The van der Waals surface area contributed by atoms with E-state index in [0.29, 0.717) is 25.3 Å². The second-order valence-electron chi connectivity index (χ2n) is 5.59. The summed E-state index contributed by atoms with van der Waals surface area (Å²) >= 11 is 0. The Morgan fingerprint density at radius 1 is 1.36 bits per heavy atom. The van der Waals surface area contributed by atoms with Gasteiger partial charge in [-0.1, -0.05) is 30.3 Å². The summed E-state index contributed by atoms with van der Waals surface area (Å²) in [5.41, 5.74) is 1.16. The number of aliphatic hydroxyl groups excluding tert-OH is 1. The maximum atomic E-state index is 12.1. The molecule has 2 N–H and O–H groups in total. The molecule has 6 heteroatoms. The number of nitrogens with one attached hydrogen (secondary N) is 1. The summed E-state index contributed by atoms with van der Waals surface area (Å²) in [6.45, 7) is 3.02. The second-order valence-corrected chi connectivity index (χ2v) is 5.59. The van der Waals surface area contributed by atoms with Crippen LogP contribution in [0.2, 0.25) is 0 Å². The Hall–Kier alpha value is -2.34. The van der Waals surface area contributed by atoms with E-state index in [0.717, 1.165) is 5.56 Å². The monoisotopic (exact) mass is 300 g/mol. The molecule has 1 saturated heterocycles. The van der Waals surface area contributed by atoms with E-state index in [-0.39, 0.29) is 12.1 Å². The first-order chi connectivity index (χ1) is 10.6. The molecule has 1 aliphatic heterocycles. The van der Waals surface area contributed by atoms with Crippen molar-refractivity contribution in [1.82, 2.24) is 14.7 Å². The molecule has 2 amide bonds. The fraction of sp³-hybridized carbons (Fsp3) is 0.375. The van der Waals surface area contributed by atoms with E-state index in [1.165, 1.54) is 0 Å². The Labute approximate surface area is 129 Å². The van der Waals surface area contributed by atoms with Gasteiger partial charge in [0.05, 0.1) is 12.1 Å². The van der Waals surface area contributed by atoms with Gasteiger partial charge in [0.25, 0.3) is 0 Å². The summed E-state index contributed by atoms with van der Waals surface area (Å²) in [6.07, 6.45) is 2.07. The van der Waals surface area contributed by atoms with Gasteiger partial charge in [0.1, 0.15) is 0 Å². The number of nitrogens with zero attached hydrogens (tertiary/aromatic N) is 3. The highest BCUT2D eigenvalue weighted by Gasteiger charge is 2.24. The highest BCUT2D eigenvalue weighted by atomic mass is 16.3. The van der Waals surface area contributed by atoms with Gasteiger partial charge in [-0.2, -0.15) is 5.10 Å². The third-order valence-corrected chi connectivity index (χ3v) is 3.97. The molecule has 2 heterocycles. The standard InChI is InChI=1S/C16H20N4O2/c1-12(13-5-3-2-4-6-13)20-10-8-15(18-20)17-16(22)19-9-7-14(21)11-19/h2-6,8,10,12,14,21H,7,9,11H2,1H3,(H,17,18,22)/t12?,14-/m1/s1. The van der Waals surface area contributed by atoms with E-state index >= 15 is 0 Å². The Morgan fingerprint density at radius 2 is 2.14 bits per heavy atom. The predicted octanol–water partition coefficient (Wildman–Crippen LogP) is 2.09. The van der Waals surface area contributed by atoms with E-state index in [4.69, 9.17) is 0 Å². The molecule has 2 aromatic rings. The lowest BCUT2D eigenvalue weighted by Crippen LogP contribution is -2.33. The molecule has 0 radical (unpaired) electrons. The van der Waals surface area contributed by atoms with Gasteiger partial charge in [0, 0.05) is 25.4 Å². The molecule has 116 valence electrons. The van der Waals surface area contributed by atoms with E-state index < -0.39 is 6.10 Å². The Bertz CT molecular complexity index is 641. The lowest BCUT2D eigenvalue weighted by atomic mass is 10.1. The van der Waals surface area contributed by atoms with Gasteiger partial charge in [-0.15, -0.1) is 0 Å². The number of aromatic nitrogens is 2. The minimum Gasteiger partial charge on any atom is -0.391 e. The zero-order valence-electron chi connectivity index (χ0n) is 12.5. The van der Waals surface area contributed by atoms with Gasteiger partial charge in [0.15, 0.2) is 5.82 Å². The van der Waals surface area contributed by atoms with Crippen molar-refractivity contribution in [3.05, 3.63) is 48.2 Å². The molecule has 1 aromatic heterocycles. The van der Waals surface area contributed by atoms with Crippen molar-refractivity contribution in [2.24, 2.45) is 0 Å². The van der Waals surface area contributed by atoms with Crippen LogP contribution in [0.1, 0.15) is 24.9 Å². The van der Waals surface area contributed by atoms with Gasteiger partial charge in [-0.05, 0) is 18.9 Å². The minimum atomic E-state index is -0.415. The van der Waals surface area contributed by atoms with Crippen LogP contribution in [0.3, 0.4) is 0 Å². The number of aliphatic hydroxyl groups is 1. The van der Waals surface area contributed by atoms with Crippen LogP contribution in [0, 0.1) is 0 Å². The summed E-state index contributed by atoms with van der Waals surface area (Å²) in [5, 5.41) is 16.7.